The Morgan fingerprint density at radius 3 is 2.42 bits per heavy atom. The number of carbonyl (C=O) groups excluding carboxylic acids is 1. The molecular weight excluding hydrogens is 270 g/mol. The maximum absolute atomic E-state index is 13.0. The van der Waals surface area contributed by atoms with Crippen LogP contribution in [0.3, 0.4) is 0 Å². The lowest BCUT2D eigenvalue weighted by Gasteiger charge is -2.04. The van der Waals surface area contributed by atoms with Crippen molar-refractivity contribution in [2.24, 2.45) is 0 Å². The minimum Gasteiger partial charge on any atom is -0.299 e. The summed E-state index contributed by atoms with van der Waals surface area (Å²) in [4.78, 5) is 11.9. The summed E-state index contributed by atoms with van der Waals surface area (Å²) >= 11 is 5.85. The first-order chi connectivity index (χ1) is 9.04. The quantitative estimate of drug-likeness (QED) is 0.828. The number of rotatable bonds is 4. The highest BCUT2D eigenvalue weighted by atomic mass is 35.5. The van der Waals surface area contributed by atoms with E-state index in [4.69, 9.17) is 11.6 Å². The second kappa shape index (κ2) is 5.93. The average molecular weight is 281 g/mol. The van der Waals surface area contributed by atoms with Crippen LogP contribution >= 0.6 is 11.6 Å². The molecule has 0 bridgehead atoms. The number of carbonyl (C=O) groups is 1. The number of benzene rings is 2. The Labute approximate surface area is 114 Å². The molecule has 0 saturated carbocycles. The Morgan fingerprint density at radius 1 is 1.00 bits per heavy atom. The Hall–Kier alpha value is -1.74. The Kier molecular flexibility index (Phi) is 4.27. The molecule has 1 nitrogen and oxygen atoms in total. The fraction of sp³-hybridized carbons (Fsp3) is 0.133. The van der Waals surface area contributed by atoms with Gasteiger partial charge < -0.3 is 0 Å². The fourth-order valence-corrected chi connectivity index (χ4v) is 2.05. The van der Waals surface area contributed by atoms with E-state index < -0.39 is 5.82 Å². The van der Waals surface area contributed by atoms with Crippen molar-refractivity contribution in [1.82, 2.24) is 0 Å². The summed E-state index contributed by atoms with van der Waals surface area (Å²) in [5, 5.41) is 0.229. The fourth-order valence-electron chi connectivity index (χ4n) is 1.81. The topological polar surface area (TPSA) is 17.1 Å². The third-order valence-electron chi connectivity index (χ3n) is 2.69. The summed E-state index contributed by atoms with van der Waals surface area (Å²) in [6.45, 7) is 0. The first kappa shape index (κ1) is 13.7. The zero-order valence-electron chi connectivity index (χ0n) is 10.00. The van der Waals surface area contributed by atoms with Crippen molar-refractivity contribution < 1.29 is 13.6 Å². The molecule has 98 valence electrons. The maximum Gasteiger partial charge on any atom is 0.141 e. The van der Waals surface area contributed by atoms with Gasteiger partial charge in [0.05, 0.1) is 0 Å². The monoisotopic (exact) mass is 280 g/mol. The average Bonchev–Trinajstić information content (AvgIpc) is 2.33. The Balaban J connectivity index is 2.05. The summed E-state index contributed by atoms with van der Waals surface area (Å²) in [7, 11) is 0. The smallest absolute Gasteiger partial charge is 0.141 e. The molecule has 0 unspecified atom stereocenters. The van der Waals surface area contributed by atoms with Crippen molar-refractivity contribution in [1.29, 1.82) is 0 Å². The summed E-state index contributed by atoms with van der Waals surface area (Å²) in [5.74, 6) is -0.907. The van der Waals surface area contributed by atoms with Crippen LogP contribution in [0.25, 0.3) is 0 Å². The van der Waals surface area contributed by atoms with Crippen molar-refractivity contribution in [3.8, 4) is 0 Å². The SMILES string of the molecule is O=C(Cc1cccc(F)c1)Cc1ccc(F)cc1Cl. The molecule has 19 heavy (non-hydrogen) atoms. The first-order valence-corrected chi connectivity index (χ1v) is 6.12. The molecule has 2 aromatic carbocycles. The minimum atomic E-state index is -0.439. The molecule has 0 aliphatic carbocycles. The molecule has 0 aromatic heterocycles. The van der Waals surface area contributed by atoms with E-state index in [2.05, 4.69) is 0 Å². The van der Waals surface area contributed by atoms with Gasteiger partial charge in [-0.25, -0.2) is 8.78 Å². The first-order valence-electron chi connectivity index (χ1n) is 5.74. The lowest BCUT2D eigenvalue weighted by Crippen LogP contribution is -2.07. The van der Waals surface area contributed by atoms with Gasteiger partial charge in [-0.15, -0.1) is 0 Å². The highest BCUT2D eigenvalue weighted by Crippen LogP contribution is 2.18. The number of halogens is 3. The van der Waals surface area contributed by atoms with Gasteiger partial charge in [0.2, 0.25) is 0 Å². The van der Waals surface area contributed by atoms with Crippen LogP contribution in [0.2, 0.25) is 5.02 Å². The molecule has 0 saturated heterocycles. The van der Waals surface area contributed by atoms with E-state index in [1.807, 2.05) is 0 Å². The van der Waals surface area contributed by atoms with Crippen LogP contribution in [0.4, 0.5) is 8.78 Å². The standard InChI is InChI=1S/C15H11ClF2O/c16-15-9-13(18)5-4-11(15)8-14(19)7-10-2-1-3-12(17)6-10/h1-6,9H,7-8H2. The van der Waals surface area contributed by atoms with Crippen LogP contribution in [0.5, 0.6) is 0 Å². The molecule has 0 heterocycles. The van der Waals surface area contributed by atoms with E-state index in [9.17, 15) is 13.6 Å². The number of hydrogen-bond acceptors (Lipinski definition) is 1. The van der Waals surface area contributed by atoms with Gasteiger partial charge in [0.25, 0.3) is 0 Å². The summed E-state index contributed by atoms with van der Waals surface area (Å²) in [6, 6.07) is 9.81. The summed E-state index contributed by atoms with van der Waals surface area (Å²) in [6.07, 6.45) is 0.237. The molecule has 0 aliphatic heterocycles. The van der Waals surface area contributed by atoms with Crippen molar-refractivity contribution in [3.05, 3.63) is 70.2 Å². The number of Topliss-reactive ketones (excluding diaryl/α,β-unsaturated/α-hetero) is 1. The lowest BCUT2D eigenvalue weighted by atomic mass is 10.0. The van der Waals surface area contributed by atoms with Crippen LogP contribution in [0.1, 0.15) is 11.1 Å². The minimum absolute atomic E-state index is 0.0980. The highest BCUT2D eigenvalue weighted by Gasteiger charge is 2.09. The lowest BCUT2D eigenvalue weighted by molar-refractivity contribution is -0.117. The predicted molar refractivity (Wildman–Crippen MR) is 70.2 cm³/mol. The van der Waals surface area contributed by atoms with Gasteiger partial charge >= 0.3 is 0 Å². The van der Waals surface area contributed by atoms with E-state index in [-0.39, 0.29) is 29.5 Å². The predicted octanol–water partition coefficient (Wildman–Crippen LogP) is 3.97. The van der Waals surface area contributed by atoms with E-state index in [1.54, 1.807) is 12.1 Å². The van der Waals surface area contributed by atoms with Crippen molar-refractivity contribution in [3.63, 3.8) is 0 Å². The molecular formula is C15H11ClF2O. The Morgan fingerprint density at radius 2 is 1.74 bits per heavy atom. The number of ketones is 1. The van der Waals surface area contributed by atoms with Gasteiger partial charge in [0.1, 0.15) is 17.4 Å². The summed E-state index contributed by atoms with van der Waals surface area (Å²) < 4.78 is 25.8. The largest absolute Gasteiger partial charge is 0.299 e. The molecule has 4 heteroatoms. The molecule has 0 radical (unpaired) electrons. The van der Waals surface area contributed by atoms with E-state index in [0.717, 1.165) is 0 Å². The third-order valence-corrected chi connectivity index (χ3v) is 3.04. The van der Waals surface area contributed by atoms with Crippen LogP contribution in [-0.4, -0.2) is 5.78 Å². The zero-order valence-corrected chi connectivity index (χ0v) is 10.8. The van der Waals surface area contributed by atoms with E-state index >= 15 is 0 Å². The van der Waals surface area contributed by atoms with Crippen LogP contribution in [0.15, 0.2) is 42.5 Å². The summed E-state index contributed by atoms with van der Waals surface area (Å²) in [5.41, 5.74) is 1.19. The molecule has 0 aliphatic rings. The zero-order chi connectivity index (χ0) is 13.8. The van der Waals surface area contributed by atoms with Gasteiger partial charge in [-0.1, -0.05) is 29.8 Å². The molecule has 0 N–H and O–H groups in total. The normalized spacial score (nSPS) is 10.5. The second-order valence-electron chi connectivity index (χ2n) is 4.26. The van der Waals surface area contributed by atoms with Gasteiger partial charge in [-0.05, 0) is 35.4 Å². The number of hydrogen-bond donors (Lipinski definition) is 0. The van der Waals surface area contributed by atoms with Crippen LogP contribution < -0.4 is 0 Å². The van der Waals surface area contributed by atoms with Crippen LogP contribution in [0, 0.1) is 11.6 Å². The third kappa shape index (κ3) is 3.86. The maximum atomic E-state index is 13.0. The molecule has 0 fully saturated rings. The second-order valence-corrected chi connectivity index (χ2v) is 4.67. The Bertz CT molecular complexity index is 611. The van der Waals surface area contributed by atoms with E-state index in [1.165, 1.54) is 30.3 Å². The van der Waals surface area contributed by atoms with Crippen molar-refractivity contribution in [2.75, 3.05) is 0 Å². The molecule has 0 spiro atoms. The molecule has 2 aromatic rings. The van der Waals surface area contributed by atoms with Gasteiger partial charge in [0.15, 0.2) is 0 Å². The van der Waals surface area contributed by atoms with Crippen molar-refractivity contribution in [2.45, 2.75) is 12.8 Å². The van der Waals surface area contributed by atoms with Gasteiger partial charge in [-0.3, -0.25) is 4.79 Å². The van der Waals surface area contributed by atoms with Crippen LogP contribution in [-0.2, 0) is 17.6 Å². The molecule has 0 atom stereocenters. The molecule has 2 rings (SSSR count). The molecule has 0 amide bonds. The van der Waals surface area contributed by atoms with Gasteiger partial charge in [0, 0.05) is 17.9 Å². The van der Waals surface area contributed by atoms with Gasteiger partial charge in [-0.2, -0.15) is 0 Å². The highest BCUT2D eigenvalue weighted by molar-refractivity contribution is 6.31. The van der Waals surface area contributed by atoms with E-state index in [0.29, 0.717) is 11.1 Å². The van der Waals surface area contributed by atoms with Crippen molar-refractivity contribution >= 4 is 17.4 Å².